The van der Waals surface area contributed by atoms with Crippen molar-refractivity contribution in [3.63, 3.8) is 0 Å². The zero-order valence-electron chi connectivity index (χ0n) is 19.0. The molecule has 0 spiro atoms. The minimum absolute atomic E-state index is 0. The Kier molecular flexibility index (Phi) is 8.19. The van der Waals surface area contributed by atoms with Crippen LogP contribution in [0.4, 0.5) is 0 Å². The second-order valence-corrected chi connectivity index (χ2v) is 8.68. The topological polar surface area (TPSA) is 83.0 Å². The van der Waals surface area contributed by atoms with Crippen molar-refractivity contribution in [3.8, 4) is 5.75 Å². The van der Waals surface area contributed by atoms with Gasteiger partial charge in [-0.25, -0.2) is 0 Å². The van der Waals surface area contributed by atoms with Crippen molar-refractivity contribution in [2.45, 2.75) is 26.7 Å². The number of halogens is 1. The van der Waals surface area contributed by atoms with Crippen LogP contribution in [0.5, 0.6) is 5.75 Å². The number of allylic oxidation sites excluding steroid dienone is 2. The number of para-hydroxylation sites is 1. The Bertz CT molecular complexity index is 866. The fraction of sp³-hybridized carbons (Fsp3) is 0.542. The normalized spacial score (nSPS) is 25.7. The summed E-state index contributed by atoms with van der Waals surface area (Å²) < 4.78 is 5.91. The molecule has 0 radical (unpaired) electrons. The summed E-state index contributed by atoms with van der Waals surface area (Å²) in [4.78, 5) is 31.1. The number of imide groups is 1. The minimum Gasteiger partial charge on any atom is -0.491 e. The molecule has 2 fully saturated rings. The molecule has 2 amide bonds. The summed E-state index contributed by atoms with van der Waals surface area (Å²) >= 11 is 0. The Morgan fingerprint density at radius 1 is 1.06 bits per heavy atom. The van der Waals surface area contributed by atoms with Crippen LogP contribution in [0.3, 0.4) is 0 Å². The maximum atomic E-state index is 12.7. The fourth-order valence-corrected chi connectivity index (χ4v) is 5.20. The molecule has 8 heteroatoms. The number of carbonyl (C=O) groups excluding carboxylic acids is 2. The van der Waals surface area contributed by atoms with E-state index >= 15 is 0 Å². The molecule has 1 aromatic carbocycles. The van der Waals surface area contributed by atoms with Crippen LogP contribution in [0, 0.1) is 37.5 Å². The first kappa shape index (κ1) is 24.5. The molecule has 3 aliphatic rings. The van der Waals surface area contributed by atoms with E-state index in [0.29, 0.717) is 38.6 Å². The Hall–Kier alpha value is -2.10. The quantitative estimate of drug-likeness (QED) is 0.130. The molecule has 4 rings (SSSR count). The number of hydrogen-bond acceptors (Lipinski definition) is 4. The van der Waals surface area contributed by atoms with Crippen molar-refractivity contribution < 1.29 is 14.3 Å². The number of guanidine groups is 1. The van der Waals surface area contributed by atoms with Gasteiger partial charge in [0.25, 0.3) is 0 Å². The van der Waals surface area contributed by atoms with Crippen LogP contribution in [0.1, 0.15) is 24.0 Å². The largest absolute Gasteiger partial charge is 0.491 e. The Balaban J connectivity index is 0.00000289. The summed E-state index contributed by atoms with van der Waals surface area (Å²) in [5, 5.41) is 6.48. The number of nitrogens with zero attached hydrogens (tertiary/aromatic N) is 2. The number of carbonyl (C=O) groups is 2. The van der Waals surface area contributed by atoms with Crippen LogP contribution in [0.2, 0.25) is 0 Å². The van der Waals surface area contributed by atoms with E-state index in [1.165, 1.54) is 4.90 Å². The molecule has 1 saturated carbocycles. The van der Waals surface area contributed by atoms with Crippen molar-refractivity contribution in [1.82, 2.24) is 15.5 Å². The SMILES string of the molecule is CN=C(NCCCN1C(=O)C2C3C=CC(C3)C2C1=O)NCCOc1c(C)cccc1C.I. The number of likely N-dealkylation sites (tertiary alicyclic amines) is 1. The second kappa shape index (κ2) is 10.7. The van der Waals surface area contributed by atoms with Crippen molar-refractivity contribution in [3.05, 3.63) is 41.5 Å². The molecule has 32 heavy (non-hydrogen) atoms. The molecule has 7 nitrogen and oxygen atoms in total. The van der Waals surface area contributed by atoms with Gasteiger partial charge < -0.3 is 15.4 Å². The summed E-state index contributed by atoms with van der Waals surface area (Å²) in [6.45, 7) is 6.33. The van der Waals surface area contributed by atoms with E-state index in [1.807, 2.05) is 32.0 Å². The number of hydrogen-bond donors (Lipinski definition) is 2. The zero-order valence-corrected chi connectivity index (χ0v) is 21.3. The van der Waals surface area contributed by atoms with Crippen LogP contribution in [0.25, 0.3) is 0 Å². The Labute approximate surface area is 207 Å². The molecular formula is C24H33IN4O3. The maximum Gasteiger partial charge on any atom is 0.233 e. The average molecular weight is 552 g/mol. The second-order valence-electron chi connectivity index (χ2n) is 8.68. The highest BCUT2D eigenvalue weighted by atomic mass is 127. The van der Waals surface area contributed by atoms with Crippen LogP contribution in [0.15, 0.2) is 35.3 Å². The van der Waals surface area contributed by atoms with Gasteiger partial charge in [0.05, 0.1) is 18.4 Å². The first-order valence-corrected chi connectivity index (χ1v) is 11.2. The summed E-state index contributed by atoms with van der Waals surface area (Å²) in [6, 6.07) is 6.11. The number of fused-ring (bicyclic) bond motifs is 5. The van der Waals surface area contributed by atoms with Gasteiger partial charge in [-0.05, 0) is 49.7 Å². The van der Waals surface area contributed by atoms with Crippen molar-refractivity contribution >= 4 is 41.8 Å². The molecule has 1 aliphatic heterocycles. The van der Waals surface area contributed by atoms with E-state index in [-0.39, 0.29) is 59.5 Å². The summed E-state index contributed by atoms with van der Waals surface area (Å²) in [6.07, 6.45) is 5.92. The molecule has 2 N–H and O–H groups in total. The fourth-order valence-electron chi connectivity index (χ4n) is 5.20. The molecule has 4 unspecified atom stereocenters. The van der Waals surface area contributed by atoms with Crippen molar-refractivity contribution in [2.24, 2.45) is 28.7 Å². The molecule has 1 aromatic rings. The number of rotatable bonds is 8. The van der Waals surface area contributed by atoms with Gasteiger partial charge in [-0.3, -0.25) is 19.5 Å². The summed E-state index contributed by atoms with van der Waals surface area (Å²) in [7, 11) is 1.72. The van der Waals surface area contributed by atoms with Gasteiger partial charge in [0, 0.05) is 20.1 Å². The molecule has 1 heterocycles. The minimum atomic E-state index is -0.109. The standard InChI is InChI=1S/C24H32N4O3.HI/c1-15-6-4-7-16(2)21(15)31-13-11-27-24(25-3)26-10-5-12-28-22(29)19-17-8-9-18(14-17)20(19)23(28)30;/h4,6-9,17-20H,5,10-14H2,1-3H3,(H2,25,26,27);1H. The maximum absolute atomic E-state index is 12.7. The van der Waals surface area contributed by atoms with Crippen LogP contribution in [-0.2, 0) is 9.59 Å². The van der Waals surface area contributed by atoms with Gasteiger partial charge >= 0.3 is 0 Å². The lowest BCUT2D eigenvalue weighted by Crippen LogP contribution is -2.41. The lowest BCUT2D eigenvalue weighted by atomic mass is 9.85. The smallest absolute Gasteiger partial charge is 0.233 e. The van der Waals surface area contributed by atoms with E-state index in [1.54, 1.807) is 7.05 Å². The third-order valence-corrected chi connectivity index (χ3v) is 6.69. The lowest BCUT2D eigenvalue weighted by Gasteiger charge is -2.18. The molecular weight excluding hydrogens is 519 g/mol. The number of nitrogens with one attached hydrogen (secondary N) is 2. The van der Waals surface area contributed by atoms with Crippen LogP contribution >= 0.6 is 24.0 Å². The number of aliphatic imine (C=N–C) groups is 1. The molecule has 1 saturated heterocycles. The van der Waals surface area contributed by atoms with Gasteiger partial charge in [0.2, 0.25) is 11.8 Å². The molecule has 0 aromatic heterocycles. The Morgan fingerprint density at radius 3 is 2.25 bits per heavy atom. The number of ether oxygens (including phenoxy) is 1. The van der Waals surface area contributed by atoms with Crippen molar-refractivity contribution in [1.29, 1.82) is 0 Å². The van der Waals surface area contributed by atoms with E-state index in [0.717, 1.165) is 23.3 Å². The molecule has 174 valence electrons. The monoisotopic (exact) mass is 552 g/mol. The lowest BCUT2D eigenvalue weighted by molar-refractivity contribution is -0.140. The van der Waals surface area contributed by atoms with Gasteiger partial charge in [0.1, 0.15) is 12.4 Å². The summed E-state index contributed by atoms with van der Waals surface area (Å²) in [5.74, 6) is 1.98. The number of benzene rings is 1. The predicted molar refractivity (Wildman–Crippen MR) is 135 cm³/mol. The van der Waals surface area contributed by atoms with E-state index < -0.39 is 0 Å². The third-order valence-electron chi connectivity index (χ3n) is 6.69. The highest BCUT2D eigenvalue weighted by Gasteiger charge is 2.58. The zero-order chi connectivity index (χ0) is 22.0. The first-order chi connectivity index (χ1) is 15.0. The number of aryl methyl sites for hydroxylation is 2. The van der Waals surface area contributed by atoms with Gasteiger partial charge in [-0.1, -0.05) is 30.4 Å². The first-order valence-electron chi connectivity index (χ1n) is 11.2. The van der Waals surface area contributed by atoms with E-state index in [9.17, 15) is 9.59 Å². The molecule has 4 atom stereocenters. The summed E-state index contributed by atoms with van der Waals surface area (Å²) in [5.41, 5.74) is 2.25. The highest BCUT2D eigenvalue weighted by Crippen LogP contribution is 2.52. The number of amides is 2. The molecule has 2 aliphatic carbocycles. The predicted octanol–water partition coefficient (Wildman–Crippen LogP) is 2.66. The van der Waals surface area contributed by atoms with Crippen LogP contribution in [-0.4, -0.2) is 56.0 Å². The van der Waals surface area contributed by atoms with Gasteiger partial charge in [0.15, 0.2) is 5.96 Å². The third kappa shape index (κ3) is 4.79. The van der Waals surface area contributed by atoms with E-state index in [4.69, 9.17) is 4.74 Å². The van der Waals surface area contributed by atoms with Gasteiger partial charge in [-0.2, -0.15) is 0 Å². The average Bonchev–Trinajstić information content (AvgIpc) is 3.43. The van der Waals surface area contributed by atoms with E-state index in [2.05, 4.69) is 27.8 Å². The van der Waals surface area contributed by atoms with Crippen LogP contribution < -0.4 is 15.4 Å². The molecule has 2 bridgehead atoms. The Morgan fingerprint density at radius 2 is 1.66 bits per heavy atom. The highest BCUT2D eigenvalue weighted by molar-refractivity contribution is 14.0. The van der Waals surface area contributed by atoms with Gasteiger partial charge in [-0.15, -0.1) is 24.0 Å². The van der Waals surface area contributed by atoms with Crippen molar-refractivity contribution in [2.75, 3.05) is 33.3 Å².